The van der Waals surface area contributed by atoms with Crippen LogP contribution in [0.5, 0.6) is 0 Å². The van der Waals surface area contributed by atoms with E-state index in [4.69, 9.17) is 4.84 Å². The maximum Gasteiger partial charge on any atom is 0.317 e. The number of hydrogen-bond acceptors (Lipinski definition) is 3. The molecule has 0 radical (unpaired) electrons. The van der Waals surface area contributed by atoms with Crippen molar-refractivity contribution in [3.8, 4) is 0 Å². The van der Waals surface area contributed by atoms with Crippen LogP contribution >= 0.6 is 0 Å². The average molecular weight is 303 g/mol. The topological polar surface area (TPSA) is 53.9 Å². The van der Waals surface area contributed by atoms with Crippen molar-refractivity contribution < 1.29 is 9.63 Å². The minimum Gasteiger partial charge on any atom is -0.390 e. The molecule has 1 heterocycles. The summed E-state index contributed by atoms with van der Waals surface area (Å²) in [5.41, 5.74) is 3.29. The highest BCUT2D eigenvalue weighted by Gasteiger charge is 2.26. The van der Waals surface area contributed by atoms with Gasteiger partial charge in [0.25, 0.3) is 0 Å². The molecular weight excluding hydrogens is 278 g/mol. The Kier molecular flexibility index (Phi) is 5.81. The van der Waals surface area contributed by atoms with E-state index in [1.807, 2.05) is 24.0 Å². The van der Waals surface area contributed by atoms with Gasteiger partial charge in [-0.3, -0.25) is 0 Å². The highest BCUT2D eigenvalue weighted by atomic mass is 16.6. The van der Waals surface area contributed by atoms with Crippen LogP contribution in [0.25, 0.3) is 0 Å². The van der Waals surface area contributed by atoms with Gasteiger partial charge in [0.05, 0.1) is 12.3 Å². The Morgan fingerprint density at radius 3 is 2.86 bits per heavy atom. The highest BCUT2D eigenvalue weighted by molar-refractivity contribution is 6.02. The first-order valence-electron chi connectivity index (χ1n) is 7.97. The van der Waals surface area contributed by atoms with E-state index in [-0.39, 0.29) is 12.1 Å². The SMILES string of the molecule is CCCN(C[C@@H]1CC(c2ccccc2C)=NO1)C(=O)NCC. The molecule has 1 aromatic carbocycles. The Morgan fingerprint density at radius 1 is 1.41 bits per heavy atom. The number of urea groups is 1. The number of nitrogens with zero attached hydrogens (tertiary/aromatic N) is 2. The lowest BCUT2D eigenvalue weighted by atomic mass is 10.0. The van der Waals surface area contributed by atoms with E-state index in [9.17, 15) is 4.79 Å². The molecule has 22 heavy (non-hydrogen) atoms. The lowest BCUT2D eigenvalue weighted by Crippen LogP contribution is -2.44. The van der Waals surface area contributed by atoms with Crippen LogP contribution in [0.15, 0.2) is 29.4 Å². The number of benzene rings is 1. The minimum absolute atomic E-state index is 0.0303. The first-order valence-corrected chi connectivity index (χ1v) is 7.97. The Labute approximate surface area is 132 Å². The monoisotopic (exact) mass is 303 g/mol. The van der Waals surface area contributed by atoms with Gasteiger partial charge in [0.1, 0.15) is 0 Å². The van der Waals surface area contributed by atoms with E-state index in [1.165, 1.54) is 5.56 Å². The standard InChI is InChI=1S/C17H25N3O2/c1-4-10-20(17(21)18-5-2)12-14-11-16(19-22-14)15-9-7-6-8-13(15)3/h6-9,14H,4-5,10-12H2,1-3H3,(H,18,21)/t14-/m0/s1. The molecule has 5 nitrogen and oxygen atoms in total. The Morgan fingerprint density at radius 2 is 2.18 bits per heavy atom. The lowest BCUT2D eigenvalue weighted by molar-refractivity contribution is 0.0606. The number of nitrogens with one attached hydrogen (secondary N) is 1. The van der Waals surface area contributed by atoms with Gasteiger partial charge in [0.2, 0.25) is 0 Å². The summed E-state index contributed by atoms with van der Waals surface area (Å²) in [6, 6.07) is 8.13. The maximum absolute atomic E-state index is 12.0. The Balaban J connectivity index is 1.96. The predicted octanol–water partition coefficient (Wildman–Crippen LogP) is 2.93. The summed E-state index contributed by atoms with van der Waals surface area (Å²) < 4.78 is 0. The van der Waals surface area contributed by atoms with E-state index in [0.29, 0.717) is 13.1 Å². The first kappa shape index (κ1) is 16.3. The summed E-state index contributed by atoms with van der Waals surface area (Å²) in [6.45, 7) is 7.99. The molecule has 120 valence electrons. The molecule has 0 fully saturated rings. The van der Waals surface area contributed by atoms with Crippen molar-refractivity contribution in [1.82, 2.24) is 10.2 Å². The van der Waals surface area contributed by atoms with Gasteiger partial charge in [-0.2, -0.15) is 0 Å². The zero-order valence-electron chi connectivity index (χ0n) is 13.6. The van der Waals surface area contributed by atoms with Gasteiger partial charge in [-0.25, -0.2) is 4.79 Å². The summed E-state index contributed by atoms with van der Waals surface area (Å²) in [6.07, 6.45) is 1.60. The zero-order chi connectivity index (χ0) is 15.9. The van der Waals surface area contributed by atoms with Gasteiger partial charge in [-0.05, 0) is 25.8 Å². The molecule has 1 N–H and O–H groups in total. The number of rotatable bonds is 6. The van der Waals surface area contributed by atoms with Crippen molar-refractivity contribution >= 4 is 11.7 Å². The van der Waals surface area contributed by atoms with Crippen molar-refractivity contribution in [1.29, 1.82) is 0 Å². The van der Waals surface area contributed by atoms with Crippen LogP contribution in [0.3, 0.4) is 0 Å². The second-order valence-corrected chi connectivity index (χ2v) is 5.57. The van der Waals surface area contributed by atoms with Gasteiger partial charge >= 0.3 is 6.03 Å². The van der Waals surface area contributed by atoms with Gasteiger partial charge < -0.3 is 15.1 Å². The van der Waals surface area contributed by atoms with Crippen LogP contribution in [0, 0.1) is 6.92 Å². The van der Waals surface area contributed by atoms with Crippen molar-refractivity contribution in [2.45, 2.75) is 39.7 Å². The fourth-order valence-electron chi connectivity index (χ4n) is 2.64. The molecule has 5 heteroatoms. The van der Waals surface area contributed by atoms with Gasteiger partial charge in [-0.1, -0.05) is 36.3 Å². The maximum atomic E-state index is 12.0. The summed E-state index contributed by atoms with van der Waals surface area (Å²) in [7, 11) is 0. The molecule has 0 spiro atoms. The van der Waals surface area contributed by atoms with Crippen LogP contribution < -0.4 is 5.32 Å². The molecule has 0 bridgehead atoms. The van der Waals surface area contributed by atoms with E-state index >= 15 is 0 Å². The predicted molar refractivity (Wildman–Crippen MR) is 88.1 cm³/mol. The molecule has 0 aromatic heterocycles. The summed E-state index contributed by atoms with van der Waals surface area (Å²) in [5, 5.41) is 7.08. The molecule has 1 aliphatic heterocycles. The molecule has 0 unspecified atom stereocenters. The number of carbonyl (C=O) groups is 1. The molecule has 0 saturated carbocycles. The third-order valence-corrected chi connectivity index (χ3v) is 3.72. The zero-order valence-corrected chi connectivity index (χ0v) is 13.6. The van der Waals surface area contributed by atoms with Gasteiger partial charge in [-0.15, -0.1) is 0 Å². The minimum atomic E-state index is -0.0660. The number of oxime groups is 1. The Hall–Kier alpha value is -2.04. The van der Waals surface area contributed by atoms with Crippen molar-refractivity contribution in [2.75, 3.05) is 19.6 Å². The second-order valence-electron chi connectivity index (χ2n) is 5.57. The third-order valence-electron chi connectivity index (χ3n) is 3.72. The fourth-order valence-corrected chi connectivity index (χ4v) is 2.64. The lowest BCUT2D eigenvalue weighted by Gasteiger charge is -2.24. The van der Waals surface area contributed by atoms with Crippen LogP contribution in [0.2, 0.25) is 0 Å². The molecule has 2 rings (SSSR count). The largest absolute Gasteiger partial charge is 0.390 e. The number of aryl methyl sites for hydroxylation is 1. The molecular formula is C17H25N3O2. The summed E-state index contributed by atoms with van der Waals surface area (Å²) in [5.74, 6) is 0. The van der Waals surface area contributed by atoms with E-state index in [2.05, 4.69) is 36.5 Å². The van der Waals surface area contributed by atoms with E-state index in [0.717, 1.165) is 30.7 Å². The van der Waals surface area contributed by atoms with Crippen molar-refractivity contribution in [3.63, 3.8) is 0 Å². The van der Waals surface area contributed by atoms with Gasteiger partial charge in [0.15, 0.2) is 6.10 Å². The summed E-state index contributed by atoms with van der Waals surface area (Å²) in [4.78, 5) is 19.4. The van der Waals surface area contributed by atoms with Crippen molar-refractivity contribution in [2.24, 2.45) is 5.16 Å². The van der Waals surface area contributed by atoms with Crippen LogP contribution in [-0.4, -0.2) is 42.4 Å². The van der Waals surface area contributed by atoms with Gasteiger partial charge in [0, 0.05) is 25.1 Å². The van der Waals surface area contributed by atoms with E-state index in [1.54, 1.807) is 0 Å². The first-order chi connectivity index (χ1) is 10.7. The third kappa shape index (κ3) is 4.00. The smallest absolute Gasteiger partial charge is 0.317 e. The number of carbonyl (C=O) groups excluding carboxylic acids is 1. The molecule has 1 aromatic rings. The number of amides is 2. The molecule has 1 atom stereocenters. The Bertz CT molecular complexity index is 542. The quantitative estimate of drug-likeness (QED) is 0.878. The molecule has 2 amide bonds. The molecule has 0 aliphatic carbocycles. The average Bonchev–Trinajstić information content (AvgIpc) is 2.96. The summed E-state index contributed by atoms with van der Waals surface area (Å²) >= 11 is 0. The van der Waals surface area contributed by atoms with Crippen molar-refractivity contribution in [3.05, 3.63) is 35.4 Å². The van der Waals surface area contributed by atoms with E-state index < -0.39 is 0 Å². The van der Waals surface area contributed by atoms with Crippen LogP contribution in [0.4, 0.5) is 4.79 Å². The normalized spacial score (nSPS) is 16.9. The molecule has 0 saturated heterocycles. The van der Waals surface area contributed by atoms with Crippen LogP contribution in [-0.2, 0) is 4.84 Å². The highest BCUT2D eigenvalue weighted by Crippen LogP contribution is 2.20. The second kappa shape index (κ2) is 7.82. The fraction of sp³-hybridized carbons (Fsp3) is 0.529. The molecule has 1 aliphatic rings. The number of hydrogen-bond donors (Lipinski definition) is 1. The van der Waals surface area contributed by atoms with Crippen LogP contribution in [0.1, 0.15) is 37.8 Å².